The first-order valence-corrected chi connectivity index (χ1v) is 8.28. The smallest absolute Gasteiger partial charge is 0.171 e. The molecule has 1 aliphatic rings. The van der Waals surface area contributed by atoms with Crippen LogP contribution in [0.4, 0.5) is 10.1 Å². The van der Waals surface area contributed by atoms with Gasteiger partial charge in [-0.2, -0.15) is 0 Å². The lowest BCUT2D eigenvalue weighted by Crippen LogP contribution is -2.39. The van der Waals surface area contributed by atoms with E-state index in [4.69, 9.17) is 12.2 Å². The molecule has 1 fully saturated rings. The highest BCUT2D eigenvalue weighted by Crippen LogP contribution is 2.29. The maximum absolute atomic E-state index is 13.8. The van der Waals surface area contributed by atoms with E-state index >= 15 is 0 Å². The first-order chi connectivity index (χ1) is 9.06. The fraction of sp³-hybridized carbons (Fsp3) is 0.462. The minimum absolute atomic E-state index is 0.339. The van der Waals surface area contributed by atoms with Gasteiger partial charge in [0.05, 0.1) is 5.69 Å². The first kappa shape index (κ1) is 15.2. The van der Waals surface area contributed by atoms with Crippen molar-refractivity contribution >= 4 is 54.9 Å². The third-order valence-corrected chi connectivity index (χ3v) is 4.49. The van der Waals surface area contributed by atoms with E-state index < -0.39 is 0 Å². The molecule has 2 N–H and O–H groups in total. The van der Waals surface area contributed by atoms with Crippen LogP contribution in [0.2, 0.25) is 0 Å². The van der Waals surface area contributed by atoms with Gasteiger partial charge in [0.2, 0.25) is 0 Å². The van der Waals surface area contributed by atoms with E-state index in [1.807, 2.05) is 0 Å². The Morgan fingerprint density at radius 2 is 1.89 bits per heavy atom. The maximum atomic E-state index is 13.8. The molecule has 104 valence electrons. The summed E-state index contributed by atoms with van der Waals surface area (Å²) < 4.78 is 15.2. The lowest BCUT2D eigenvalue weighted by atomic mass is 9.96. The van der Waals surface area contributed by atoms with Gasteiger partial charge in [0.1, 0.15) is 5.82 Å². The number of thiocarbonyl (C=S) groups is 1. The number of anilines is 1. The highest BCUT2D eigenvalue weighted by Gasteiger charge is 2.15. The average molecular weight is 410 g/mol. The van der Waals surface area contributed by atoms with E-state index in [2.05, 4.69) is 42.5 Å². The molecule has 0 amide bonds. The predicted octanol–water partition coefficient (Wildman–Crippen LogP) is 4.97. The zero-order valence-electron chi connectivity index (χ0n) is 10.3. The topological polar surface area (TPSA) is 24.1 Å². The maximum Gasteiger partial charge on any atom is 0.171 e. The van der Waals surface area contributed by atoms with Gasteiger partial charge in [-0.05, 0) is 53.1 Å². The zero-order valence-corrected chi connectivity index (χ0v) is 14.3. The molecule has 0 aromatic heterocycles. The second-order valence-corrected chi connectivity index (χ2v) is 6.86. The van der Waals surface area contributed by atoms with Crippen molar-refractivity contribution in [3.63, 3.8) is 0 Å². The van der Waals surface area contributed by atoms with Crippen LogP contribution >= 0.6 is 44.1 Å². The van der Waals surface area contributed by atoms with E-state index in [-0.39, 0.29) is 5.82 Å². The lowest BCUT2D eigenvalue weighted by Gasteiger charge is -2.24. The van der Waals surface area contributed by atoms with Crippen LogP contribution < -0.4 is 10.6 Å². The quantitative estimate of drug-likeness (QED) is 0.674. The van der Waals surface area contributed by atoms with Gasteiger partial charge < -0.3 is 10.6 Å². The fourth-order valence-electron chi connectivity index (χ4n) is 2.24. The molecule has 0 heterocycles. The van der Waals surface area contributed by atoms with Crippen LogP contribution in [-0.2, 0) is 0 Å². The molecule has 0 radical (unpaired) electrons. The summed E-state index contributed by atoms with van der Waals surface area (Å²) in [6.07, 6.45) is 6.02. The van der Waals surface area contributed by atoms with Crippen LogP contribution in [0, 0.1) is 5.82 Å². The Labute approximate surface area is 134 Å². The Morgan fingerprint density at radius 1 is 1.21 bits per heavy atom. The summed E-state index contributed by atoms with van der Waals surface area (Å²) in [7, 11) is 0. The molecule has 0 spiro atoms. The average Bonchev–Trinajstić information content (AvgIpc) is 2.35. The molecule has 0 saturated heterocycles. The standard InChI is InChI=1S/C13H15Br2FN2S/c14-8-6-10(15)12(11(16)7-8)18-13(19)17-9-4-2-1-3-5-9/h6-7,9H,1-5H2,(H2,17,18,19). The van der Waals surface area contributed by atoms with E-state index in [9.17, 15) is 4.39 Å². The SMILES string of the molecule is Fc1cc(Br)cc(Br)c1NC(=S)NC1CCCCC1. The number of rotatable bonds is 2. The van der Waals surface area contributed by atoms with Gasteiger partial charge >= 0.3 is 0 Å². The van der Waals surface area contributed by atoms with Crippen LogP contribution in [0.1, 0.15) is 32.1 Å². The van der Waals surface area contributed by atoms with Crippen molar-refractivity contribution in [1.82, 2.24) is 5.32 Å². The molecule has 2 nitrogen and oxygen atoms in total. The zero-order chi connectivity index (χ0) is 13.8. The van der Waals surface area contributed by atoms with E-state index in [0.29, 0.717) is 25.8 Å². The van der Waals surface area contributed by atoms with Crippen molar-refractivity contribution in [2.75, 3.05) is 5.32 Å². The van der Waals surface area contributed by atoms with Gasteiger partial charge in [0, 0.05) is 15.0 Å². The highest BCUT2D eigenvalue weighted by molar-refractivity contribution is 9.11. The summed E-state index contributed by atoms with van der Waals surface area (Å²) in [6, 6.07) is 3.61. The van der Waals surface area contributed by atoms with Crippen molar-refractivity contribution in [3.8, 4) is 0 Å². The van der Waals surface area contributed by atoms with Gasteiger partial charge in [-0.15, -0.1) is 0 Å². The summed E-state index contributed by atoms with van der Waals surface area (Å²) in [5, 5.41) is 6.67. The van der Waals surface area contributed by atoms with Crippen molar-refractivity contribution < 1.29 is 4.39 Å². The molecule has 0 atom stereocenters. The molecule has 0 aliphatic heterocycles. The lowest BCUT2D eigenvalue weighted by molar-refractivity contribution is 0.414. The molecular formula is C13H15Br2FN2S. The largest absolute Gasteiger partial charge is 0.360 e. The van der Waals surface area contributed by atoms with E-state index in [0.717, 1.165) is 12.8 Å². The van der Waals surface area contributed by atoms with Gasteiger partial charge in [-0.1, -0.05) is 35.2 Å². The number of nitrogens with one attached hydrogen (secondary N) is 2. The van der Waals surface area contributed by atoms with Crippen LogP contribution in [-0.4, -0.2) is 11.2 Å². The summed E-state index contributed by atoms with van der Waals surface area (Å²) in [4.78, 5) is 0. The predicted molar refractivity (Wildman–Crippen MR) is 88.0 cm³/mol. The van der Waals surface area contributed by atoms with Crippen LogP contribution in [0.25, 0.3) is 0 Å². The third-order valence-electron chi connectivity index (χ3n) is 3.19. The molecule has 0 unspecified atom stereocenters. The molecule has 1 aromatic rings. The van der Waals surface area contributed by atoms with Crippen molar-refractivity contribution in [2.45, 2.75) is 38.1 Å². The van der Waals surface area contributed by atoms with Gasteiger partial charge in [0.25, 0.3) is 0 Å². The van der Waals surface area contributed by atoms with Crippen LogP contribution in [0.15, 0.2) is 21.1 Å². The van der Waals surface area contributed by atoms with Gasteiger partial charge in [-0.25, -0.2) is 4.39 Å². The summed E-state index contributed by atoms with van der Waals surface area (Å²) >= 11 is 11.8. The summed E-state index contributed by atoms with van der Waals surface area (Å²) in [6.45, 7) is 0. The second kappa shape index (κ2) is 6.99. The Kier molecular flexibility index (Phi) is 5.59. The summed E-state index contributed by atoms with van der Waals surface area (Å²) in [5.41, 5.74) is 0.372. The summed E-state index contributed by atoms with van der Waals surface area (Å²) in [5.74, 6) is -0.339. The Hall–Kier alpha value is -0.200. The third kappa shape index (κ3) is 4.39. The number of benzene rings is 1. The normalized spacial score (nSPS) is 16.2. The van der Waals surface area contributed by atoms with Gasteiger partial charge in [-0.3, -0.25) is 0 Å². The number of hydrogen-bond acceptors (Lipinski definition) is 1. The molecule has 19 heavy (non-hydrogen) atoms. The Bertz CT molecular complexity index is 453. The number of halogens is 3. The monoisotopic (exact) mass is 408 g/mol. The van der Waals surface area contributed by atoms with Crippen LogP contribution in [0.3, 0.4) is 0 Å². The van der Waals surface area contributed by atoms with Crippen LogP contribution in [0.5, 0.6) is 0 Å². The molecule has 1 aliphatic carbocycles. The van der Waals surface area contributed by atoms with Crippen molar-refractivity contribution in [2.24, 2.45) is 0 Å². The number of hydrogen-bond donors (Lipinski definition) is 2. The van der Waals surface area contributed by atoms with Gasteiger partial charge in [0.15, 0.2) is 5.11 Å². The second-order valence-electron chi connectivity index (χ2n) is 4.68. The Morgan fingerprint density at radius 3 is 2.53 bits per heavy atom. The highest BCUT2D eigenvalue weighted by atomic mass is 79.9. The molecule has 2 rings (SSSR count). The fourth-order valence-corrected chi connectivity index (χ4v) is 3.78. The molecule has 1 aromatic carbocycles. The van der Waals surface area contributed by atoms with Crippen molar-refractivity contribution in [1.29, 1.82) is 0 Å². The molecule has 0 bridgehead atoms. The Balaban J connectivity index is 1.98. The molecule has 1 saturated carbocycles. The minimum Gasteiger partial charge on any atom is -0.360 e. The van der Waals surface area contributed by atoms with E-state index in [1.54, 1.807) is 6.07 Å². The van der Waals surface area contributed by atoms with Crippen molar-refractivity contribution in [3.05, 3.63) is 26.9 Å². The van der Waals surface area contributed by atoms with E-state index in [1.165, 1.54) is 25.3 Å². The first-order valence-electron chi connectivity index (χ1n) is 6.28. The minimum atomic E-state index is -0.339. The molecule has 6 heteroatoms. The molecular weight excluding hydrogens is 395 g/mol.